The van der Waals surface area contributed by atoms with Crippen molar-refractivity contribution in [1.29, 1.82) is 0 Å². The summed E-state index contributed by atoms with van der Waals surface area (Å²) in [5.41, 5.74) is 5.49. The second kappa shape index (κ2) is 11.2. The van der Waals surface area contributed by atoms with E-state index in [9.17, 15) is 4.79 Å². The van der Waals surface area contributed by atoms with Gasteiger partial charge in [0.2, 0.25) is 11.8 Å². The number of rotatable bonds is 5. The molecule has 3 heterocycles. The molecule has 1 aromatic rings. The average Bonchev–Trinajstić information content (AvgIpc) is 3.03. The maximum absolute atomic E-state index is 12.6. The van der Waals surface area contributed by atoms with Crippen LogP contribution in [0.3, 0.4) is 0 Å². The molecule has 27 heavy (non-hydrogen) atoms. The van der Waals surface area contributed by atoms with E-state index in [2.05, 4.69) is 38.7 Å². The van der Waals surface area contributed by atoms with Gasteiger partial charge in [-0.1, -0.05) is 19.0 Å². The van der Waals surface area contributed by atoms with Crippen molar-refractivity contribution in [2.24, 2.45) is 17.6 Å². The predicted octanol–water partition coefficient (Wildman–Crippen LogP) is 0.994. The molecule has 2 atom stereocenters. The van der Waals surface area contributed by atoms with E-state index >= 15 is 0 Å². The van der Waals surface area contributed by atoms with Gasteiger partial charge in [0, 0.05) is 39.3 Å². The third-order valence-electron chi connectivity index (χ3n) is 5.10. The topological polar surface area (TPSA) is 91.7 Å². The van der Waals surface area contributed by atoms with E-state index in [4.69, 9.17) is 10.3 Å². The first-order valence-electron chi connectivity index (χ1n) is 9.27. The van der Waals surface area contributed by atoms with Crippen molar-refractivity contribution in [3.05, 3.63) is 11.7 Å². The van der Waals surface area contributed by atoms with Gasteiger partial charge in [0.05, 0.1) is 19.6 Å². The van der Waals surface area contributed by atoms with Gasteiger partial charge in [0.15, 0.2) is 5.82 Å². The second-order valence-corrected chi connectivity index (χ2v) is 7.61. The number of carbonyl (C=O) groups is 1. The maximum atomic E-state index is 12.6. The van der Waals surface area contributed by atoms with Gasteiger partial charge in [-0.25, -0.2) is 0 Å². The molecule has 0 bridgehead atoms. The zero-order valence-corrected chi connectivity index (χ0v) is 17.8. The van der Waals surface area contributed by atoms with Crippen molar-refractivity contribution in [1.82, 2.24) is 24.8 Å². The molecule has 2 N–H and O–H groups in total. The van der Waals surface area contributed by atoms with Crippen LogP contribution in [-0.4, -0.2) is 76.6 Å². The molecule has 156 valence electrons. The molecule has 0 spiro atoms. The van der Waals surface area contributed by atoms with Crippen LogP contribution in [0.2, 0.25) is 0 Å². The summed E-state index contributed by atoms with van der Waals surface area (Å²) >= 11 is 0. The van der Waals surface area contributed by atoms with Crippen LogP contribution in [0, 0.1) is 11.8 Å². The molecule has 0 aromatic carbocycles. The van der Waals surface area contributed by atoms with E-state index < -0.39 is 0 Å². The van der Waals surface area contributed by atoms with E-state index in [1.54, 1.807) is 0 Å². The molecule has 0 saturated carbocycles. The van der Waals surface area contributed by atoms with Gasteiger partial charge in [-0.15, -0.1) is 24.8 Å². The van der Waals surface area contributed by atoms with Crippen LogP contribution >= 0.6 is 24.8 Å². The Labute approximate surface area is 173 Å². The summed E-state index contributed by atoms with van der Waals surface area (Å²) in [5, 5.41) is 3.94. The number of carbonyl (C=O) groups excluding carboxylic acids is 1. The lowest BCUT2D eigenvalue weighted by molar-refractivity contribution is -0.135. The zero-order valence-electron chi connectivity index (χ0n) is 16.2. The normalized spacial score (nSPS) is 24.2. The Kier molecular flexibility index (Phi) is 9.97. The van der Waals surface area contributed by atoms with Gasteiger partial charge < -0.3 is 15.2 Å². The summed E-state index contributed by atoms with van der Waals surface area (Å²) in [6.07, 6.45) is 1.23. The van der Waals surface area contributed by atoms with Crippen LogP contribution in [0.1, 0.15) is 32.0 Å². The van der Waals surface area contributed by atoms with Crippen LogP contribution in [0.15, 0.2) is 4.52 Å². The summed E-state index contributed by atoms with van der Waals surface area (Å²) in [5.74, 6) is 2.65. The Bertz CT molecular complexity index is 570. The van der Waals surface area contributed by atoms with E-state index in [1.165, 1.54) is 6.42 Å². The van der Waals surface area contributed by atoms with E-state index in [-0.39, 0.29) is 37.3 Å². The molecule has 2 fully saturated rings. The minimum atomic E-state index is 0. The number of likely N-dealkylation sites (tertiary alicyclic amines) is 1. The highest BCUT2D eigenvalue weighted by atomic mass is 35.5. The Morgan fingerprint density at radius 3 is 2.26 bits per heavy atom. The quantitative estimate of drug-likeness (QED) is 0.755. The number of piperazine rings is 1. The molecular weight excluding hydrogens is 391 g/mol. The Morgan fingerprint density at radius 1 is 1.11 bits per heavy atom. The maximum Gasteiger partial charge on any atom is 0.240 e. The number of nitrogens with two attached hydrogens (primary N) is 1. The molecular formula is C17H32Cl2N6O2. The highest BCUT2D eigenvalue weighted by Gasteiger charge is 2.27. The summed E-state index contributed by atoms with van der Waals surface area (Å²) in [6.45, 7) is 11.4. The van der Waals surface area contributed by atoms with Crippen LogP contribution in [0.4, 0.5) is 0 Å². The Balaban J connectivity index is 0.00000182. The number of amides is 1. The first kappa shape index (κ1) is 24.1. The summed E-state index contributed by atoms with van der Waals surface area (Å²) in [4.78, 5) is 23.4. The molecule has 2 aliphatic heterocycles. The lowest BCUT2D eigenvalue weighted by atomic mass is 9.92. The molecule has 2 unspecified atom stereocenters. The first-order chi connectivity index (χ1) is 12.0. The summed E-state index contributed by atoms with van der Waals surface area (Å²) < 4.78 is 5.04. The van der Waals surface area contributed by atoms with Gasteiger partial charge in [0.1, 0.15) is 0 Å². The van der Waals surface area contributed by atoms with Crippen molar-refractivity contribution in [3.8, 4) is 0 Å². The van der Waals surface area contributed by atoms with E-state index in [1.807, 2.05) is 0 Å². The fourth-order valence-electron chi connectivity index (χ4n) is 3.90. The largest absolute Gasteiger partial charge is 0.341 e. The lowest BCUT2D eigenvalue weighted by Gasteiger charge is -2.38. The third-order valence-corrected chi connectivity index (χ3v) is 5.10. The molecule has 1 amide bonds. The number of nitrogens with zero attached hydrogens (tertiary/aromatic N) is 5. The minimum Gasteiger partial charge on any atom is -0.341 e. The minimum absolute atomic E-state index is 0. The number of halogens is 2. The van der Waals surface area contributed by atoms with Crippen LogP contribution < -0.4 is 5.73 Å². The van der Waals surface area contributed by atoms with Crippen molar-refractivity contribution in [2.45, 2.75) is 33.4 Å². The molecule has 0 radical (unpaired) electrons. The van der Waals surface area contributed by atoms with Gasteiger partial charge in [-0.2, -0.15) is 4.98 Å². The van der Waals surface area contributed by atoms with Gasteiger partial charge in [-0.3, -0.25) is 14.6 Å². The molecule has 2 saturated heterocycles. The van der Waals surface area contributed by atoms with Crippen molar-refractivity contribution >= 4 is 30.7 Å². The van der Waals surface area contributed by atoms with Gasteiger partial charge >= 0.3 is 0 Å². The number of hydrogen-bond donors (Lipinski definition) is 1. The van der Waals surface area contributed by atoms with E-state index in [0.29, 0.717) is 36.6 Å². The van der Waals surface area contributed by atoms with Crippen LogP contribution in [-0.2, 0) is 17.9 Å². The van der Waals surface area contributed by atoms with E-state index in [0.717, 1.165) is 39.3 Å². The number of piperidine rings is 1. The molecule has 3 rings (SSSR count). The van der Waals surface area contributed by atoms with Crippen molar-refractivity contribution < 1.29 is 9.32 Å². The monoisotopic (exact) mass is 422 g/mol. The van der Waals surface area contributed by atoms with Crippen LogP contribution in [0.25, 0.3) is 0 Å². The number of aromatic nitrogens is 2. The molecule has 1 aromatic heterocycles. The summed E-state index contributed by atoms with van der Waals surface area (Å²) in [7, 11) is 0. The predicted molar refractivity (Wildman–Crippen MR) is 108 cm³/mol. The van der Waals surface area contributed by atoms with Crippen molar-refractivity contribution in [3.63, 3.8) is 0 Å². The van der Waals surface area contributed by atoms with Gasteiger partial charge in [-0.05, 0) is 18.3 Å². The smallest absolute Gasteiger partial charge is 0.240 e. The number of hydrogen-bond acceptors (Lipinski definition) is 7. The first-order valence-corrected chi connectivity index (χ1v) is 9.27. The van der Waals surface area contributed by atoms with Crippen molar-refractivity contribution in [2.75, 3.05) is 45.8 Å². The van der Waals surface area contributed by atoms with Crippen LogP contribution in [0.5, 0.6) is 0 Å². The van der Waals surface area contributed by atoms with Gasteiger partial charge in [0.25, 0.3) is 0 Å². The highest BCUT2D eigenvalue weighted by Crippen LogP contribution is 2.21. The second-order valence-electron chi connectivity index (χ2n) is 7.61. The Hall–Kier alpha value is -0.930. The molecule has 2 aliphatic rings. The summed E-state index contributed by atoms with van der Waals surface area (Å²) in [6, 6.07) is 0. The SMILES string of the molecule is CC1CC(C)CN(C(=O)CN2CCN(Cc3noc(CN)n3)CC2)C1.Cl.Cl. The zero-order chi connectivity index (χ0) is 17.8. The highest BCUT2D eigenvalue weighted by molar-refractivity contribution is 5.85. The fourth-order valence-corrected chi connectivity index (χ4v) is 3.90. The third kappa shape index (κ3) is 6.87. The molecule has 10 heteroatoms. The lowest BCUT2D eigenvalue weighted by Crippen LogP contribution is -2.51. The standard InChI is InChI=1S/C17H30N6O2.2ClH/c1-13-7-14(2)10-23(9-13)17(24)12-22-5-3-21(4-6-22)11-15-19-16(8-18)25-20-15;;/h13-14H,3-12,18H2,1-2H3;2*1H. The molecule has 0 aliphatic carbocycles. The Morgan fingerprint density at radius 2 is 1.70 bits per heavy atom. The molecule has 8 nitrogen and oxygen atoms in total. The average molecular weight is 423 g/mol. The fraction of sp³-hybridized carbons (Fsp3) is 0.824.